The van der Waals surface area contributed by atoms with Gasteiger partial charge in [0, 0.05) is 11.5 Å². The smallest absolute Gasteiger partial charge is 0.331 e. The van der Waals surface area contributed by atoms with Crippen LogP contribution in [0.5, 0.6) is 0 Å². The molecule has 1 heterocycles. The Morgan fingerprint density at radius 1 is 1.04 bits per heavy atom. The number of carbonyl (C=O) groups is 1. The molecule has 28 heavy (non-hydrogen) atoms. The van der Waals surface area contributed by atoms with E-state index in [-0.39, 0.29) is 29.3 Å². The van der Waals surface area contributed by atoms with Gasteiger partial charge in [0.1, 0.15) is 6.61 Å². The molecular weight excluding hydrogens is 356 g/mol. The predicted molar refractivity (Wildman–Crippen MR) is 103 cm³/mol. The van der Waals surface area contributed by atoms with Crippen LogP contribution in [-0.4, -0.2) is 45.7 Å². The van der Waals surface area contributed by atoms with Crippen LogP contribution in [0, 0.1) is 34.5 Å². The molecule has 0 aromatic heterocycles. The van der Waals surface area contributed by atoms with Gasteiger partial charge in [0.05, 0.1) is 17.8 Å². The summed E-state index contributed by atoms with van der Waals surface area (Å²) in [5, 5.41) is 33.7. The van der Waals surface area contributed by atoms with Gasteiger partial charge >= 0.3 is 5.97 Å². The fourth-order valence-corrected chi connectivity index (χ4v) is 8.37. The minimum atomic E-state index is -0.906. The van der Waals surface area contributed by atoms with E-state index in [1.807, 2.05) is 6.92 Å². The van der Waals surface area contributed by atoms with Crippen LogP contribution in [0.4, 0.5) is 0 Å². The molecule has 4 fully saturated rings. The molecule has 0 bridgehead atoms. The Morgan fingerprint density at radius 3 is 2.54 bits per heavy atom. The Balaban J connectivity index is 1.51. The fraction of sp³-hybridized carbons (Fsp3) is 0.870. The monoisotopic (exact) mass is 390 g/mol. The predicted octanol–water partition coefficient (Wildman–Crippen LogP) is 2.58. The highest BCUT2D eigenvalue weighted by atomic mass is 16.5. The molecule has 156 valence electrons. The standard InChI is InChI=1S/C23H34O5/c1-21-7-5-15(24)10-14(21)3-4-17-18(21)11-19(25)22(2)16(6-8-23(17,22)27)13-9-20(26)28-12-13/h9,14-19,24-25,27H,3-8,10-12H2,1-2H3/t14-,15-,16+,17+,18-,19+,21-,22-,23-/m0/s1. The van der Waals surface area contributed by atoms with Gasteiger partial charge < -0.3 is 20.1 Å². The number of esters is 1. The first-order valence-electron chi connectivity index (χ1n) is 11.2. The molecule has 5 rings (SSSR count). The second kappa shape index (κ2) is 6.05. The first kappa shape index (κ1) is 19.1. The maximum Gasteiger partial charge on any atom is 0.331 e. The van der Waals surface area contributed by atoms with E-state index in [1.165, 1.54) is 0 Å². The van der Waals surface area contributed by atoms with E-state index in [2.05, 4.69) is 6.92 Å². The summed E-state index contributed by atoms with van der Waals surface area (Å²) in [6.07, 6.45) is 7.69. The van der Waals surface area contributed by atoms with Crippen LogP contribution in [0.25, 0.3) is 0 Å². The number of aliphatic hydroxyl groups excluding tert-OH is 2. The molecule has 9 atom stereocenters. The third kappa shape index (κ3) is 2.27. The van der Waals surface area contributed by atoms with Crippen molar-refractivity contribution in [1.82, 2.24) is 0 Å². The highest BCUT2D eigenvalue weighted by Crippen LogP contribution is 2.69. The fourth-order valence-electron chi connectivity index (χ4n) is 8.37. The average Bonchev–Trinajstić information content (AvgIpc) is 3.19. The van der Waals surface area contributed by atoms with Gasteiger partial charge in [0.2, 0.25) is 0 Å². The van der Waals surface area contributed by atoms with Crippen LogP contribution in [0.15, 0.2) is 11.6 Å². The second-order valence-corrected chi connectivity index (χ2v) is 10.8. The lowest BCUT2D eigenvalue weighted by atomic mass is 9.42. The van der Waals surface area contributed by atoms with Crippen molar-refractivity contribution < 1.29 is 24.9 Å². The molecular formula is C23H34O5. The van der Waals surface area contributed by atoms with Crippen molar-refractivity contribution in [1.29, 1.82) is 0 Å². The summed E-state index contributed by atoms with van der Waals surface area (Å²) in [7, 11) is 0. The summed E-state index contributed by atoms with van der Waals surface area (Å²) in [5.41, 5.74) is -0.507. The number of hydrogen-bond donors (Lipinski definition) is 3. The third-order valence-electron chi connectivity index (χ3n) is 10.0. The summed E-state index contributed by atoms with van der Waals surface area (Å²) >= 11 is 0. The topological polar surface area (TPSA) is 87.0 Å². The van der Waals surface area contributed by atoms with E-state index in [4.69, 9.17) is 4.74 Å². The maximum absolute atomic E-state index is 12.1. The number of hydrogen-bond acceptors (Lipinski definition) is 5. The molecule has 5 aliphatic rings. The second-order valence-electron chi connectivity index (χ2n) is 10.8. The zero-order chi connectivity index (χ0) is 19.9. The molecule has 0 radical (unpaired) electrons. The average molecular weight is 391 g/mol. The Kier molecular flexibility index (Phi) is 4.12. The van der Waals surface area contributed by atoms with E-state index >= 15 is 0 Å². The van der Waals surface area contributed by atoms with Crippen LogP contribution in [0.3, 0.4) is 0 Å². The van der Waals surface area contributed by atoms with Crippen molar-refractivity contribution in [3.63, 3.8) is 0 Å². The normalized spacial score (nSPS) is 55.8. The summed E-state index contributed by atoms with van der Waals surface area (Å²) in [6, 6.07) is 0. The Labute approximate surface area is 167 Å². The van der Waals surface area contributed by atoms with Crippen LogP contribution in [0.2, 0.25) is 0 Å². The molecule has 1 aliphatic heterocycles. The lowest BCUT2D eigenvalue weighted by Gasteiger charge is -2.64. The maximum atomic E-state index is 12.1. The van der Waals surface area contributed by atoms with Crippen molar-refractivity contribution in [3.8, 4) is 0 Å². The molecule has 0 saturated heterocycles. The number of ether oxygens (including phenoxy) is 1. The Bertz CT molecular complexity index is 718. The number of carbonyl (C=O) groups excluding carboxylic acids is 1. The zero-order valence-corrected chi connectivity index (χ0v) is 17.1. The van der Waals surface area contributed by atoms with Crippen molar-refractivity contribution in [2.75, 3.05) is 6.61 Å². The molecule has 5 heteroatoms. The summed E-state index contributed by atoms with van der Waals surface area (Å²) in [6.45, 7) is 4.69. The summed E-state index contributed by atoms with van der Waals surface area (Å²) in [5.74, 6) is 0.657. The van der Waals surface area contributed by atoms with Gasteiger partial charge in [-0.3, -0.25) is 0 Å². The van der Waals surface area contributed by atoms with Crippen molar-refractivity contribution in [3.05, 3.63) is 11.6 Å². The van der Waals surface area contributed by atoms with E-state index in [1.54, 1.807) is 6.08 Å². The lowest BCUT2D eigenvalue weighted by Crippen LogP contribution is -2.67. The van der Waals surface area contributed by atoms with Crippen molar-refractivity contribution in [2.24, 2.45) is 34.5 Å². The van der Waals surface area contributed by atoms with Gasteiger partial charge in [-0.25, -0.2) is 4.79 Å². The number of fused-ring (bicyclic) bond motifs is 5. The minimum Gasteiger partial charge on any atom is -0.458 e. The van der Waals surface area contributed by atoms with Gasteiger partial charge in [0.15, 0.2) is 0 Å². The number of aliphatic hydroxyl groups is 3. The highest BCUT2D eigenvalue weighted by molar-refractivity contribution is 5.85. The molecule has 4 saturated carbocycles. The molecule has 0 aromatic carbocycles. The van der Waals surface area contributed by atoms with Gasteiger partial charge in [-0.15, -0.1) is 0 Å². The molecule has 0 spiro atoms. The van der Waals surface area contributed by atoms with E-state index in [0.29, 0.717) is 31.3 Å². The highest BCUT2D eigenvalue weighted by Gasteiger charge is 2.70. The van der Waals surface area contributed by atoms with Crippen molar-refractivity contribution in [2.45, 2.75) is 83.0 Å². The molecule has 4 aliphatic carbocycles. The zero-order valence-electron chi connectivity index (χ0n) is 17.1. The minimum absolute atomic E-state index is 0.00129. The Morgan fingerprint density at radius 2 is 1.82 bits per heavy atom. The van der Waals surface area contributed by atoms with E-state index < -0.39 is 17.1 Å². The SMILES string of the molecule is C[C@]12CC[C@H](O)C[C@@H]1CC[C@@H]1[C@@H]2C[C@@H](O)[C@]2(C)[C@@H](C3=CC(=O)OC3)CC[C@]12O. The van der Waals surface area contributed by atoms with Crippen LogP contribution in [0.1, 0.15) is 65.2 Å². The van der Waals surface area contributed by atoms with E-state index in [0.717, 1.165) is 44.1 Å². The van der Waals surface area contributed by atoms with Gasteiger partial charge in [-0.1, -0.05) is 13.8 Å². The molecule has 0 amide bonds. The quantitative estimate of drug-likeness (QED) is 0.599. The van der Waals surface area contributed by atoms with Crippen LogP contribution >= 0.6 is 0 Å². The number of rotatable bonds is 1. The number of cyclic esters (lactones) is 1. The first-order chi connectivity index (χ1) is 13.2. The summed E-state index contributed by atoms with van der Waals surface area (Å²) < 4.78 is 5.16. The third-order valence-corrected chi connectivity index (χ3v) is 10.0. The van der Waals surface area contributed by atoms with E-state index in [9.17, 15) is 20.1 Å². The molecule has 0 unspecified atom stereocenters. The molecule has 0 aromatic rings. The van der Waals surface area contributed by atoms with Gasteiger partial charge in [-0.05, 0) is 86.0 Å². The van der Waals surface area contributed by atoms with Crippen LogP contribution in [-0.2, 0) is 9.53 Å². The molecule has 5 nitrogen and oxygen atoms in total. The first-order valence-corrected chi connectivity index (χ1v) is 11.2. The largest absolute Gasteiger partial charge is 0.458 e. The summed E-state index contributed by atoms with van der Waals surface area (Å²) in [4.78, 5) is 11.6. The van der Waals surface area contributed by atoms with Crippen LogP contribution < -0.4 is 0 Å². The van der Waals surface area contributed by atoms with Gasteiger partial charge in [-0.2, -0.15) is 0 Å². The molecule has 3 N–H and O–H groups in total. The van der Waals surface area contributed by atoms with Gasteiger partial charge in [0.25, 0.3) is 0 Å². The lowest BCUT2D eigenvalue weighted by molar-refractivity contribution is -0.244. The Hall–Kier alpha value is -0.910. The van der Waals surface area contributed by atoms with Crippen molar-refractivity contribution >= 4 is 5.97 Å².